The van der Waals surface area contributed by atoms with Crippen LogP contribution < -0.4 is 5.32 Å². The second kappa shape index (κ2) is 6.10. The fourth-order valence-electron chi connectivity index (χ4n) is 3.09. The van der Waals surface area contributed by atoms with Crippen LogP contribution in [0.25, 0.3) is 0 Å². The largest absolute Gasteiger partial charge is 0.337 e. The summed E-state index contributed by atoms with van der Waals surface area (Å²) in [7, 11) is 0. The van der Waals surface area contributed by atoms with Gasteiger partial charge in [-0.3, -0.25) is 4.79 Å². The second-order valence-corrected chi connectivity index (χ2v) is 5.66. The summed E-state index contributed by atoms with van der Waals surface area (Å²) < 4.78 is 13.9. The van der Waals surface area contributed by atoms with Crippen LogP contribution in [0.1, 0.15) is 35.2 Å². The summed E-state index contributed by atoms with van der Waals surface area (Å²) in [6.45, 7) is 3.25. The monoisotopic (exact) mass is 298 g/mol. The SMILES string of the molecule is Cc1ccc(C(=O)N2CCC3CCC(C2)N3)c(F)c1.Cl. The summed E-state index contributed by atoms with van der Waals surface area (Å²) in [4.78, 5) is 14.2. The lowest BCUT2D eigenvalue weighted by atomic mass is 10.1. The Hall–Kier alpha value is -1.13. The summed E-state index contributed by atoms with van der Waals surface area (Å²) in [5, 5.41) is 3.53. The fourth-order valence-corrected chi connectivity index (χ4v) is 3.09. The minimum absolute atomic E-state index is 0. The van der Waals surface area contributed by atoms with Crippen LogP contribution in [-0.4, -0.2) is 36.0 Å². The van der Waals surface area contributed by atoms with Gasteiger partial charge in [-0.1, -0.05) is 6.07 Å². The summed E-state index contributed by atoms with van der Waals surface area (Å²) >= 11 is 0. The van der Waals surface area contributed by atoms with E-state index in [1.807, 2.05) is 6.92 Å². The summed E-state index contributed by atoms with van der Waals surface area (Å²) in [5.41, 5.74) is 1.04. The third-order valence-electron chi connectivity index (χ3n) is 4.17. The molecule has 1 aromatic rings. The van der Waals surface area contributed by atoms with E-state index in [1.165, 1.54) is 12.5 Å². The predicted octanol–water partition coefficient (Wildman–Crippen LogP) is 2.52. The van der Waals surface area contributed by atoms with E-state index in [0.29, 0.717) is 18.6 Å². The Morgan fingerprint density at radius 3 is 2.80 bits per heavy atom. The molecular weight excluding hydrogens is 279 g/mol. The molecule has 2 unspecified atom stereocenters. The lowest BCUT2D eigenvalue weighted by Gasteiger charge is -2.24. The van der Waals surface area contributed by atoms with Gasteiger partial charge in [0.15, 0.2) is 0 Å². The zero-order chi connectivity index (χ0) is 13.4. The van der Waals surface area contributed by atoms with Gasteiger partial charge < -0.3 is 10.2 Å². The molecule has 3 nitrogen and oxygen atoms in total. The summed E-state index contributed by atoms with van der Waals surface area (Å²) in [6.07, 6.45) is 3.28. The van der Waals surface area contributed by atoms with Gasteiger partial charge in [0, 0.05) is 25.2 Å². The van der Waals surface area contributed by atoms with E-state index in [4.69, 9.17) is 0 Å². The van der Waals surface area contributed by atoms with Crippen LogP contribution in [-0.2, 0) is 0 Å². The quantitative estimate of drug-likeness (QED) is 0.864. The normalized spacial score (nSPS) is 25.0. The van der Waals surface area contributed by atoms with Gasteiger partial charge in [0.2, 0.25) is 0 Å². The van der Waals surface area contributed by atoms with Crippen LogP contribution in [0.3, 0.4) is 0 Å². The molecule has 1 amide bonds. The lowest BCUT2D eigenvalue weighted by Crippen LogP contribution is -2.39. The van der Waals surface area contributed by atoms with Crippen molar-refractivity contribution in [3.63, 3.8) is 0 Å². The molecule has 5 heteroatoms. The highest BCUT2D eigenvalue weighted by atomic mass is 35.5. The number of fused-ring (bicyclic) bond motifs is 2. The van der Waals surface area contributed by atoms with Gasteiger partial charge in [-0.2, -0.15) is 0 Å². The zero-order valence-electron chi connectivity index (χ0n) is 11.6. The van der Waals surface area contributed by atoms with Gasteiger partial charge in [0.05, 0.1) is 5.56 Å². The highest BCUT2D eigenvalue weighted by Crippen LogP contribution is 2.22. The molecule has 2 bridgehead atoms. The van der Waals surface area contributed by atoms with Crippen molar-refractivity contribution in [2.45, 2.75) is 38.3 Å². The van der Waals surface area contributed by atoms with Crippen LogP contribution in [0.5, 0.6) is 0 Å². The third-order valence-corrected chi connectivity index (χ3v) is 4.17. The Bertz CT molecular complexity index is 509. The standard InChI is InChI=1S/C15H19FN2O.ClH/c1-10-2-5-13(14(16)8-10)15(19)18-7-6-11-3-4-12(9-18)17-11;/h2,5,8,11-12,17H,3-4,6-7,9H2,1H3;1H. The molecule has 0 spiro atoms. The number of hydrogen-bond donors (Lipinski definition) is 1. The minimum Gasteiger partial charge on any atom is -0.337 e. The van der Waals surface area contributed by atoms with E-state index in [-0.39, 0.29) is 23.9 Å². The number of halogens is 2. The molecule has 2 aliphatic heterocycles. The van der Waals surface area contributed by atoms with Gasteiger partial charge in [-0.05, 0) is 43.9 Å². The molecule has 1 aromatic carbocycles. The first-order chi connectivity index (χ1) is 9.13. The Kier molecular flexibility index (Phi) is 4.66. The van der Waals surface area contributed by atoms with Crippen LogP contribution in [0.15, 0.2) is 18.2 Å². The molecule has 20 heavy (non-hydrogen) atoms. The highest BCUT2D eigenvalue weighted by Gasteiger charge is 2.32. The summed E-state index contributed by atoms with van der Waals surface area (Å²) in [6, 6.07) is 5.73. The molecule has 110 valence electrons. The molecule has 0 aromatic heterocycles. The van der Waals surface area contributed by atoms with E-state index < -0.39 is 5.82 Å². The number of carbonyl (C=O) groups is 1. The number of benzene rings is 1. The number of amides is 1. The van der Waals surface area contributed by atoms with Gasteiger partial charge in [-0.25, -0.2) is 4.39 Å². The van der Waals surface area contributed by atoms with Crippen molar-refractivity contribution < 1.29 is 9.18 Å². The van der Waals surface area contributed by atoms with Crippen LogP contribution in [0.4, 0.5) is 4.39 Å². The van der Waals surface area contributed by atoms with Crippen molar-refractivity contribution in [3.05, 3.63) is 35.1 Å². The first kappa shape index (κ1) is 15.3. The molecule has 0 saturated carbocycles. The van der Waals surface area contributed by atoms with Crippen molar-refractivity contribution >= 4 is 18.3 Å². The molecule has 2 aliphatic rings. The molecule has 2 saturated heterocycles. The van der Waals surface area contributed by atoms with Crippen molar-refractivity contribution in [1.29, 1.82) is 0 Å². The molecular formula is C15H20ClFN2O. The number of carbonyl (C=O) groups excluding carboxylic acids is 1. The van der Waals surface area contributed by atoms with Gasteiger partial charge >= 0.3 is 0 Å². The first-order valence-electron chi connectivity index (χ1n) is 6.95. The third kappa shape index (κ3) is 2.96. The Morgan fingerprint density at radius 1 is 1.30 bits per heavy atom. The van der Waals surface area contributed by atoms with Crippen LogP contribution in [0.2, 0.25) is 0 Å². The van der Waals surface area contributed by atoms with Crippen LogP contribution >= 0.6 is 12.4 Å². The molecule has 0 radical (unpaired) electrons. The van der Waals surface area contributed by atoms with Crippen molar-refractivity contribution in [1.82, 2.24) is 10.2 Å². The fraction of sp³-hybridized carbons (Fsp3) is 0.533. The summed E-state index contributed by atoms with van der Waals surface area (Å²) in [5.74, 6) is -0.584. The van der Waals surface area contributed by atoms with Gasteiger partial charge in [-0.15, -0.1) is 12.4 Å². The smallest absolute Gasteiger partial charge is 0.256 e. The molecule has 3 rings (SSSR count). The number of nitrogens with zero attached hydrogens (tertiary/aromatic N) is 1. The number of hydrogen-bond acceptors (Lipinski definition) is 2. The minimum atomic E-state index is -0.410. The second-order valence-electron chi connectivity index (χ2n) is 5.66. The maximum Gasteiger partial charge on any atom is 0.256 e. The maximum absolute atomic E-state index is 13.9. The molecule has 2 fully saturated rings. The van der Waals surface area contributed by atoms with E-state index in [1.54, 1.807) is 17.0 Å². The van der Waals surface area contributed by atoms with Crippen LogP contribution in [0, 0.1) is 12.7 Å². The Labute approximate surface area is 124 Å². The van der Waals surface area contributed by atoms with Crippen molar-refractivity contribution in [3.8, 4) is 0 Å². The lowest BCUT2D eigenvalue weighted by molar-refractivity contribution is 0.0743. The Balaban J connectivity index is 0.00000147. The van der Waals surface area contributed by atoms with E-state index in [0.717, 1.165) is 24.9 Å². The zero-order valence-corrected chi connectivity index (χ0v) is 12.4. The van der Waals surface area contributed by atoms with Crippen molar-refractivity contribution in [2.24, 2.45) is 0 Å². The topological polar surface area (TPSA) is 32.3 Å². The van der Waals surface area contributed by atoms with E-state index in [2.05, 4.69) is 5.32 Å². The number of nitrogens with one attached hydrogen (secondary N) is 1. The van der Waals surface area contributed by atoms with E-state index >= 15 is 0 Å². The molecule has 2 atom stereocenters. The Morgan fingerprint density at radius 2 is 2.05 bits per heavy atom. The number of rotatable bonds is 1. The molecule has 2 heterocycles. The molecule has 0 aliphatic carbocycles. The first-order valence-corrected chi connectivity index (χ1v) is 6.95. The van der Waals surface area contributed by atoms with E-state index in [9.17, 15) is 9.18 Å². The average Bonchev–Trinajstić information content (AvgIpc) is 2.68. The van der Waals surface area contributed by atoms with Gasteiger partial charge in [0.25, 0.3) is 5.91 Å². The number of aryl methyl sites for hydroxylation is 1. The van der Waals surface area contributed by atoms with Gasteiger partial charge in [0.1, 0.15) is 5.82 Å². The average molecular weight is 299 g/mol. The molecule has 1 N–H and O–H groups in total. The number of likely N-dealkylation sites (tertiary alicyclic amines) is 1. The highest BCUT2D eigenvalue weighted by molar-refractivity contribution is 5.94. The maximum atomic E-state index is 13.9. The predicted molar refractivity (Wildman–Crippen MR) is 78.9 cm³/mol. The van der Waals surface area contributed by atoms with Crippen molar-refractivity contribution in [2.75, 3.05) is 13.1 Å².